The van der Waals surface area contributed by atoms with Gasteiger partial charge in [-0.2, -0.15) is 0 Å². The van der Waals surface area contributed by atoms with Crippen molar-refractivity contribution < 1.29 is 9.59 Å². The van der Waals surface area contributed by atoms with Crippen LogP contribution in [0.25, 0.3) is 0 Å². The van der Waals surface area contributed by atoms with Gasteiger partial charge in [0.25, 0.3) is 5.91 Å². The minimum absolute atomic E-state index is 0.0246. The Bertz CT molecular complexity index is 1290. The number of benzene rings is 2. The fourth-order valence-corrected chi connectivity index (χ4v) is 6.50. The number of fused-ring (bicyclic) bond motifs is 2. The Morgan fingerprint density at radius 2 is 1.83 bits per heavy atom. The van der Waals surface area contributed by atoms with Crippen molar-refractivity contribution in [3.63, 3.8) is 0 Å². The van der Waals surface area contributed by atoms with Gasteiger partial charge in [-0.05, 0) is 47.5 Å². The van der Waals surface area contributed by atoms with E-state index in [0.29, 0.717) is 23.1 Å². The van der Waals surface area contributed by atoms with Crippen LogP contribution in [0, 0.1) is 0 Å². The third-order valence-corrected chi connectivity index (χ3v) is 8.55. The highest BCUT2D eigenvalue weighted by molar-refractivity contribution is 8.14. The molecule has 0 bridgehead atoms. The third kappa shape index (κ3) is 5.46. The number of thiocarbonyl (C=S) groups is 1. The van der Waals surface area contributed by atoms with Gasteiger partial charge in [-0.3, -0.25) is 20.4 Å². The van der Waals surface area contributed by atoms with Crippen molar-refractivity contribution in [1.29, 1.82) is 0 Å². The Morgan fingerprint density at radius 3 is 2.61 bits per heavy atom. The average Bonchev–Trinajstić information content (AvgIpc) is 3.22. The summed E-state index contributed by atoms with van der Waals surface area (Å²) in [6.07, 6.45) is 2.03. The van der Waals surface area contributed by atoms with E-state index in [1.54, 1.807) is 0 Å². The average molecular weight is 556 g/mol. The molecule has 7 nitrogen and oxygen atoms in total. The molecule has 1 fully saturated rings. The van der Waals surface area contributed by atoms with E-state index < -0.39 is 6.04 Å². The predicted molar refractivity (Wildman–Crippen MR) is 149 cm³/mol. The molecule has 2 atom stereocenters. The number of hydrazine groups is 1. The predicted octanol–water partition coefficient (Wildman–Crippen LogP) is 4.68. The lowest BCUT2D eigenvalue weighted by molar-refractivity contribution is -0.112. The second-order valence-electron chi connectivity index (χ2n) is 8.22. The first-order valence-corrected chi connectivity index (χ1v) is 14.0. The van der Waals surface area contributed by atoms with Crippen molar-refractivity contribution in [2.45, 2.75) is 29.2 Å². The van der Waals surface area contributed by atoms with E-state index in [2.05, 4.69) is 50.7 Å². The maximum Gasteiger partial charge on any atom is 0.253 e. The normalized spacial score (nSPS) is 18.4. The van der Waals surface area contributed by atoms with Gasteiger partial charge in [-0.15, -0.1) is 11.8 Å². The first-order valence-electron chi connectivity index (χ1n) is 11.2. The number of thioether (sulfide) groups is 2. The lowest BCUT2D eigenvalue weighted by Crippen LogP contribution is -2.41. The summed E-state index contributed by atoms with van der Waals surface area (Å²) in [5.74, 6) is 1.53. The van der Waals surface area contributed by atoms with Crippen molar-refractivity contribution in [2.75, 3.05) is 11.2 Å². The number of amides is 1. The van der Waals surface area contributed by atoms with Gasteiger partial charge in [-0.25, -0.2) is 4.98 Å². The zero-order valence-corrected chi connectivity index (χ0v) is 22.1. The lowest BCUT2D eigenvalue weighted by atomic mass is 9.95. The minimum Gasteiger partial charge on any atom is -0.350 e. The molecule has 3 heterocycles. The summed E-state index contributed by atoms with van der Waals surface area (Å²) in [7, 11) is 0. The van der Waals surface area contributed by atoms with E-state index in [0.717, 1.165) is 11.3 Å². The molecule has 4 N–H and O–H groups in total. The maximum atomic E-state index is 12.5. The van der Waals surface area contributed by atoms with Crippen LogP contribution in [0.1, 0.15) is 39.5 Å². The molecule has 0 radical (unpaired) electrons. The van der Waals surface area contributed by atoms with E-state index in [1.807, 2.05) is 36.0 Å². The first kappa shape index (κ1) is 24.9. The first-order chi connectivity index (χ1) is 17.5. The Labute approximate surface area is 227 Å². The van der Waals surface area contributed by atoms with Gasteiger partial charge >= 0.3 is 0 Å². The van der Waals surface area contributed by atoms with Crippen molar-refractivity contribution >= 4 is 69.3 Å². The smallest absolute Gasteiger partial charge is 0.253 e. The van der Waals surface area contributed by atoms with Crippen molar-refractivity contribution in [3.05, 3.63) is 88.1 Å². The number of aromatic nitrogens is 1. The van der Waals surface area contributed by atoms with Gasteiger partial charge in [0, 0.05) is 22.6 Å². The van der Waals surface area contributed by atoms with Crippen LogP contribution in [-0.4, -0.2) is 32.9 Å². The van der Waals surface area contributed by atoms with Crippen LogP contribution in [0.2, 0.25) is 5.02 Å². The molecular formula is C25H22ClN5O2S3. The number of carbonyl (C=O) groups excluding carboxylic acids is 2. The zero-order chi connectivity index (χ0) is 25.1. The van der Waals surface area contributed by atoms with Crippen LogP contribution in [-0.2, 0) is 10.5 Å². The molecule has 5 rings (SSSR count). The highest BCUT2D eigenvalue weighted by Gasteiger charge is 2.27. The van der Waals surface area contributed by atoms with Crippen LogP contribution in [0.4, 0.5) is 5.82 Å². The molecule has 2 aliphatic heterocycles. The molecule has 0 saturated carbocycles. The molecule has 0 aliphatic carbocycles. The number of nitrogens with one attached hydrogen (secondary N) is 4. The van der Waals surface area contributed by atoms with Crippen LogP contribution >= 0.6 is 47.3 Å². The standard InChI is InChI=1S/C25H22ClN5O2S3/c26-18-11-15(23(32)28-19-9-10-35-24(19)33)12-27-22(18)30-31-25(34)29-21-16-6-2-1-5-14(16)13-36-20-8-4-3-7-17(20)21/h1-8,11-12,19,21H,9-10,13H2,(H,27,30)(H,28,32)(H2,29,31,34)/t19-,21?/m1/s1. The number of nitrogens with zero attached hydrogens (tertiary/aromatic N) is 1. The number of hydrogen-bond acceptors (Lipinski definition) is 7. The van der Waals surface area contributed by atoms with Crippen molar-refractivity contribution in [3.8, 4) is 0 Å². The Morgan fingerprint density at radius 1 is 1.06 bits per heavy atom. The van der Waals surface area contributed by atoms with Gasteiger partial charge in [0.05, 0.1) is 22.7 Å². The van der Waals surface area contributed by atoms with E-state index in [4.69, 9.17) is 23.8 Å². The van der Waals surface area contributed by atoms with E-state index in [-0.39, 0.29) is 27.7 Å². The Hall–Kier alpha value is -2.79. The SMILES string of the molecule is O=C(N[C@@H]1CCSC1=O)c1cnc(NNC(=S)NC2c3ccccc3CSc3ccccc32)c(Cl)c1. The molecule has 1 aromatic heterocycles. The molecule has 36 heavy (non-hydrogen) atoms. The van der Waals surface area contributed by atoms with Crippen molar-refractivity contribution in [2.24, 2.45) is 0 Å². The quantitative estimate of drug-likeness (QED) is 0.264. The summed E-state index contributed by atoms with van der Waals surface area (Å²) in [5.41, 5.74) is 9.73. The summed E-state index contributed by atoms with van der Waals surface area (Å²) in [5, 5.41) is 6.73. The second-order valence-corrected chi connectivity index (χ2v) is 11.2. The number of pyridine rings is 1. The molecule has 3 aromatic rings. The highest BCUT2D eigenvalue weighted by Crippen LogP contribution is 2.39. The van der Waals surface area contributed by atoms with E-state index in [9.17, 15) is 9.59 Å². The van der Waals surface area contributed by atoms with Gasteiger partial charge in [-0.1, -0.05) is 65.8 Å². The number of rotatable bonds is 5. The van der Waals surface area contributed by atoms with Crippen LogP contribution < -0.4 is 21.5 Å². The zero-order valence-electron chi connectivity index (χ0n) is 18.9. The summed E-state index contributed by atoms with van der Waals surface area (Å²) in [6.45, 7) is 0. The summed E-state index contributed by atoms with van der Waals surface area (Å²) in [6, 6.07) is 17.5. The molecule has 184 valence electrons. The number of anilines is 1. The second kappa shape index (κ2) is 11.1. The Balaban J connectivity index is 1.25. The number of carbonyl (C=O) groups is 2. The molecule has 2 aliphatic rings. The fourth-order valence-electron chi connectivity index (χ4n) is 4.08. The van der Waals surface area contributed by atoms with Gasteiger partial charge in [0.1, 0.15) is 0 Å². The highest BCUT2D eigenvalue weighted by atomic mass is 35.5. The monoisotopic (exact) mass is 555 g/mol. The summed E-state index contributed by atoms with van der Waals surface area (Å²) < 4.78 is 0. The van der Waals surface area contributed by atoms with E-state index >= 15 is 0 Å². The number of halogens is 1. The maximum absolute atomic E-state index is 12.5. The van der Waals surface area contributed by atoms with E-state index in [1.165, 1.54) is 40.0 Å². The van der Waals surface area contributed by atoms with Gasteiger partial charge < -0.3 is 10.6 Å². The molecule has 11 heteroatoms. The van der Waals surface area contributed by atoms with Crippen LogP contribution in [0.3, 0.4) is 0 Å². The van der Waals surface area contributed by atoms with Gasteiger partial charge in [0.2, 0.25) is 5.12 Å². The van der Waals surface area contributed by atoms with Crippen LogP contribution in [0.5, 0.6) is 0 Å². The van der Waals surface area contributed by atoms with Crippen molar-refractivity contribution in [1.82, 2.24) is 21.0 Å². The Kier molecular flexibility index (Phi) is 7.66. The summed E-state index contributed by atoms with van der Waals surface area (Å²) in [4.78, 5) is 29.7. The summed E-state index contributed by atoms with van der Waals surface area (Å²) >= 11 is 15.0. The topological polar surface area (TPSA) is 95.2 Å². The molecule has 1 saturated heterocycles. The molecule has 2 aromatic carbocycles. The molecular weight excluding hydrogens is 534 g/mol. The molecule has 0 spiro atoms. The lowest BCUT2D eigenvalue weighted by Gasteiger charge is -2.23. The third-order valence-electron chi connectivity index (χ3n) is 5.89. The minimum atomic E-state index is -0.471. The van der Waals surface area contributed by atoms with Crippen LogP contribution in [0.15, 0.2) is 65.7 Å². The fraction of sp³-hybridized carbons (Fsp3) is 0.200. The van der Waals surface area contributed by atoms with Gasteiger partial charge in [0.15, 0.2) is 10.9 Å². The largest absolute Gasteiger partial charge is 0.350 e. The molecule has 1 amide bonds. The number of hydrogen-bond donors (Lipinski definition) is 4. The molecule has 1 unspecified atom stereocenters.